The molecule has 11 heteroatoms. The lowest BCUT2D eigenvalue weighted by molar-refractivity contribution is 0.00819. The minimum atomic E-state index is -0.521. The summed E-state index contributed by atoms with van der Waals surface area (Å²) in [4.78, 5) is 31.2. The average molecular weight is 602 g/mol. The molecule has 1 aliphatic heterocycles. The minimum absolute atomic E-state index is 0.208. The summed E-state index contributed by atoms with van der Waals surface area (Å²) in [5.41, 5.74) is 5.12. The Hall–Kier alpha value is -4.77. The Kier molecular flexibility index (Phi) is 9.24. The van der Waals surface area contributed by atoms with Crippen molar-refractivity contribution in [1.82, 2.24) is 14.6 Å². The third kappa shape index (κ3) is 7.41. The van der Waals surface area contributed by atoms with Crippen LogP contribution in [-0.4, -0.2) is 72.6 Å². The van der Waals surface area contributed by atoms with Crippen molar-refractivity contribution in [3.63, 3.8) is 0 Å². The molecule has 2 amide bonds. The standard InChI is InChI=1S/C33H39N5O6/c1-33(2,3)44-32(40)37-20-25(21-37)22-7-9-23(10-8-22)31(39)36-30-18-26(11-13-35-30)43-29-17-24-12-14-38(34-4)27(24)19-28(29)42-16-6-15-41-5/h7-14,17-19,25,34H,6,15-16,20-21H2,1-5H3,(H,35,36,39). The molecule has 0 atom stereocenters. The molecule has 0 aliphatic carbocycles. The van der Waals surface area contributed by atoms with Crippen LogP contribution in [0, 0.1) is 0 Å². The van der Waals surface area contributed by atoms with Gasteiger partial charge in [-0.3, -0.25) is 9.47 Å². The SMILES string of the molecule is CNn1ccc2cc(Oc3ccnc(NC(=O)c4ccc(C5CN(C(=O)OC(C)(C)C)C5)cc4)c3)c(OCCCOC)cc21. The highest BCUT2D eigenvalue weighted by atomic mass is 16.6. The van der Waals surface area contributed by atoms with Crippen LogP contribution in [0.25, 0.3) is 10.9 Å². The van der Waals surface area contributed by atoms with E-state index in [4.69, 9.17) is 18.9 Å². The molecular weight excluding hydrogens is 562 g/mol. The first kappa shape index (κ1) is 30.7. The second-order valence-corrected chi connectivity index (χ2v) is 11.6. The quantitative estimate of drug-likeness (QED) is 0.201. The second kappa shape index (κ2) is 13.3. The first-order valence-electron chi connectivity index (χ1n) is 14.6. The van der Waals surface area contributed by atoms with Crippen LogP contribution in [0.4, 0.5) is 10.6 Å². The fraction of sp³-hybridized carbons (Fsp3) is 0.364. The number of benzene rings is 2. The van der Waals surface area contributed by atoms with Gasteiger partial charge >= 0.3 is 6.09 Å². The zero-order chi connectivity index (χ0) is 31.3. The van der Waals surface area contributed by atoms with Gasteiger partial charge < -0.3 is 34.6 Å². The van der Waals surface area contributed by atoms with Crippen LogP contribution in [0.2, 0.25) is 0 Å². The molecule has 0 radical (unpaired) electrons. The summed E-state index contributed by atoms with van der Waals surface area (Å²) in [5.74, 6) is 1.91. The molecule has 0 unspecified atom stereocenters. The van der Waals surface area contributed by atoms with Crippen LogP contribution in [-0.2, 0) is 9.47 Å². The van der Waals surface area contributed by atoms with E-state index < -0.39 is 5.60 Å². The topological polar surface area (TPSA) is 116 Å². The van der Waals surface area contributed by atoms with E-state index >= 15 is 0 Å². The van der Waals surface area contributed by atoms with Crippen molar-refractivity contribution in [1.29, 1.82) is 0 Å². The molecule has 232 valence electrons. The summed E-state index contributed by atoms with van der Waals surface area (Å²) in [5, 5.41) is 3.83. The third-order valence-corrected chi connectivity index (χ3v) is 7.13. The van der Waals surface area contributed by atoms with Crippen molar-refractivity contribution in [2.45, 2.75) is 38.7 Å². The Labute approximate surface area is 257 Å². The zero-order valence-corrected chi connectivity index (χ0v) is 25.8. The van der Waals surface area contributed by atoms with Crippen LogP contribution in [0.3, 0.4) is 0 Å². The summed E-state index contributed by atoms with van der Waals surface area (Å²) in [6.07, 6.45) is 3.94. The molecule has 2 N–H and O–H groups in total. The highest BCUT2D eigenvalue weighted by Gasteiger charge is 2.34. The van der Waals surface area contributed by atoms with Crippen molar-refractivity contribution in [2.75, 3.05) is 51.2 Å². The van der Waals surface area contributed by atoms with Crippen molar-refractivity contribution in [3.8, 4) is 17.2 Å². The molecule has 4 aromatic rings. The summed E-state index contributed by atoms with van der Waals surface area (Å²) < 4.78 is 24.8. The van der Waals surface area contributed by atoms with E-state index in [-0.39, 0.29) is 17.9 Å². The van der Waals surface area contributed by atoms with Crippen molar-refractivity contribution < 1.29 is 28.5 Å². The lowest BCUT2D eigenvalue weighted by Gasteiger charge is -2.40. The number of carbonyl (C=O) groups excluding carboxylic acids is 2. The van der Waals surface area contributed by atoms with E-state index in [1.807, 2.05) is 69.0 Å². The van der Waals surface area contributed by atoms with Gasteiger partial charge in [-0.15, -0.1) is 0 Å². The van der Waals surface area contributed by atoms with Crippen molar-refractivity contribution in [3.05, 3.63) is 78.1 Å². The molecule has 2 aromatic heterocycles. The first-order valence-corrected chi connectivity index (χ1v) is 14.6. The van der Waals surface area contributed by atoms with Gasteiger partial charge in [0.1, 0.15) is 17.2 Å². The predicted octanol–water partition coefficient (Wildman–Crippen LogP) is 6.00. The Morgan fingerprint density at radius 1 is 1.00 bits per heavy atom. The number of anilines is 1. The molecule has 2 aromatic carbocycles. The van der Waals surface area contributed by atoms with Gasteiger partial charge in [0.25, 0.3) is 5.91 Å². The van der Waals surface area contributed by atoms with E-state index in [0.29, 0.717) is 54.9 Å². The normalized spacial score (nSPS) is 13.3. The molecule has 11 nitrogen and oxygen atoms in total. The summed E-state index contributed by atoms with van der Waals surface area (Å²) in [7, 11) is 3.51. The number of aromatic nitrogens is 2. The van der Waals surface area contributed by atoms with E-state index in [2.05, 4.69) is 15.7 Å². The Morgan fingerprint density at radius 2 is 1.77 bits per heavy atom. The number of nitrogens with zero attached hydrogens (tertiary/aromatic N) is 3. The number of hydrogen-bond acceptors (Lipinski definition) is 8. The lowest BCUT2D eigenvalue weighted by Crippen LogP contribution is -2.50. The molecule has 44 heavy (non-hydrogen) atoms. The van der Waals surface area contributed by atoms with Crippen molar-refractivity contribution >= 4 is 28.7 Å². The maximum atomic E-state index is 13.0. The van der Waals surface area contributed by atoms with Crippen molar-refractivity contribution in [2.24, 2.45) is 0 Å². The van der Waals surface area contributed by atoms with Gasteiger partial charge in [0.15, 0.2) is 11.5 Å². The molecule has 0 saturated carbocycles. The monoisotopic (exact) mass is 601 g/mol. The number of likely N-dealkylation sites (tertiary alicyclic amines) is 1. The predicted molar refractivity (Wildman–Crippen MR) is 168 cm³/mol. The number of amides is 2. The van der Waals surface area contributed by atoms with Crippen LogP contribution in [0.5, 0.6) is 17.2 Å². The molecule has 0 bridgehead atoms. The molecule has 5 rings (SSSR count). The molecule has 3 heterocycles. The van der Waals surface area contributed by atoms with Gasteiger partial charge in [-0.2, -0.15) is 0 Å². The fourth-order valence-corrected chi connectivity index (χ4v) is 4.85. The molecule has 0 spiro atoms. The van der Waals surface area contributed by atoms with Gasteiger partial charge in [0.05, 0.1) is 12.1 Å². The number of fused-ring (bicyclic) bond motifs is 1. The Balaban J connectivity index is 1.22. The number of rotatable bonds is 11. The summed E-state index contributed by atoms with van der Waals surface area (Å²) in [6.45, 7) is 7.80. The number of pyridine rings is 1. The maximum Gasteiger partial charge on any atom is 0.410 e. The first-order chi connectivity index (χ1) is 21.1. The number of methoxy groups -OCH3 is 1. The van der Waals surface area contributed by atoms with Gasteiger partial charge in [-0.05, 0) is 56.7 Å². The number of carbonyl (C=O) groups is 2. The minimum Gasteiger partial charge on any atom is -0.490 e. The molecular formula is C33H39N5O6. The van der Waals surface area contributed by atoms with Gasteiger partial charge in [-0.25, -0.2) is 9.78 Å². The van der Waals surface area contributed by atoms with Crippen LogP contribution < -0.4 is 20.2 Å². The number of ether oxygens (including phenoxy) is 4. The Morgan fingerprint density at radius 3 is 2.48 bits per heavy atom. The smallest absolute Gasteiger partial charge is 0.410 e. The van der Waals surface area contributed by atoms with Gasteiger partial charge in [0, 0.05) is 81.7 Å². The van der Waals surface area contributed by atoms with E-state index in [1.165, 1.54) is 0 Å². The average Bonchev–Trinajstić information content (AvgIpc) is 3.36. The zero-order valence-electron chi connectivity index (χ0n) is 25.8. The number of nitrogens with one attached hydrogen (secondary N) is 2. The summed E-state index contributed by atoms with van der Waals surface area (Å²) >= 11 is 0. The van der Waals surface area contributed by atoms with Gasteiger partial charge in [-0.1, -0.05) is 12.1 Å². The molecule has 1 aliphatic rings. The van der Waals surface area contributed by atoms with E-state index in [0.717, 1.165) is 22.9 Å². The van der Waals surface area contributed by atoms with Crippen LogP contribution in [0.1, 0.15) is 49.0 Å². The molecule has 1 saturated heterocycles. The van der Waals surface area contributed by atoms with Crippen LogP contribution in [0.15, 0.2) is 67.0 Å². The Bertz CT molecular complexity index is 1610. The highest BCUT2D eigenvalue weighted by Crippen LogP contribution is 2.36. The van der Waals surface area contributed by atoms with E-state index in [9.17, 15) is 9.59 Å². The maximum absolute atomic E-state index is 13.0. The van der Waals surface area contributed by atoms with Gasteiger partial charge in [0.2, 0.25) is 0 Å². The lowest BCUT2D eigenvalue weighted by atomic mass is 9.91. The van der Waals surface area contributed by atoms with E-state index in [1.54, 1.807) is 42.5 Å². The number of hydrogen-bond donors (Lipinski definition) is 2. The molecule has 1 fully saturated rings. The fourth-order valence-electron chi connectivity index (χ4n) is 4.85. The summed E-state index contributed by atoms with van der Waals surface area (Å²) in [6, 6.07) is 16.6. The largest absolute Gasteiger partial charge is 0.490 e. The third-order valence-electron chi connectivity index (χ3n) is 7.13. The second-order valence-electron chi connectivity index (χ2n) is 11.6. The highest BCUT2D eigenvalue weighted by molar-refractivity contribution is 6.03. The van der Waals surface area contributed by atoms with Crippen LogP contribution >= 0.6 is 0 Å².